The van der Waals surface area contributed by atoms with Crippen molar-refractivity contribution >= 4 is 12.2 Å². The Hall–Kier alpha value is -2.90. The lowest BCUT2D eigenvalue weighted by atomic mass is 9.95. The maximum atomic E-state index is 10.8. The molecule has 3 aromatic rings. The van der Waals surface area contributed by atoms with Gasteiger partial charge in [-0.2, -0.15) is 5.26 Å². The van der Waals surface area contributed by atoms with E-state index >= 15 is 0 Å². The first kappa shape index (κ1) is 23.3. The third-order valence-electron chi connectivity index (χ3n) is 5.91. The van der Waals surface area contributed by atoms with Crippen LogP contribution in [-0.2, 0) is 4.74 Å². The number of aliphatic hydroxyl groups excluding tert-OH is 4. The Morgan fingerprint density at radius 3 is 2.24 bits per heavy atom. The smallest absolute Gasteiger partial charge is 0.164 e. The predicted octanol–water partition coefficient (Wildman–Crippen LogP) is 2.70. The number of benzene rings is 2. The van der Waals surface area contributed by atoms with Crippen molar-refractivity contribution in [3.05, 3.63) is 76.4 Å². The second-order valence-corrected chi connectivity index (χ2v) is 8.44. The van der Waals surface area contributed by atoms with Crippen molar-refractivity contribution in [2.75, 3.05) is 6.61 Å². The van der Waals surface area contributed by atoms with Crippen molar-refractivity contribution < 1.29 is 25.2 Å². The number of aryl methyl sites for hydroxylation is 1. The van der Waals surface area contributed by atoms with Crippen molar-refractivity contribution in [2.45, 2.75) is 37.6 Å². The fourth-order valence-corrected chi connectivity index (χ4v) is 4.43. The SMILES string of the molecule is Cc1ccc(-c2cc(-c3ccccc3)c(C#N)c(=S)n2[C@@H]2O[C@H](CO)[C@H](O)[C@H](O)[C@H]2O)cc1. The van der Waals surface area contributed by atoms with Gasteiger partial charge < -0.3 is 29.7 Å². The molecule has 1 aliphatic heterocycles. The van der Waals surface area contributed by atoms with Crippen LogP contribution in [0.5, 0.6) is 0 Å². The van der Waals surface area contributed by atoms with E-state index in [0.717, 1.165) is 16.7 Å². The Labute approximate surface area is 196 Å². The number of aliphatic hydroxyl groups is 4. The van der Waals surface area contributed by atoms with E-state index in [1.807, 2.05) is 61.5 Å². The molecule has 0 radical (unpaired) electrons. The highest BCUT2D eigenvalue weighted by Gasteiger charge is 2.45. The van der Waals surface area contributed by atoms with Gasteiger partial charge in [0.25, 0.3) is 0 Å². The van der Waals surface area contributed by atoms with Gasteiger partial charge in [-0.1, -0.05) is 72.4 Å². The van der Waals surface area contributed by atoms with Crippen molar-refractivity contribution in [1.82, 2.24) is 4.57 Å². The fourth-order valence-electron chi connectivity index (χ4n) is 4.07. The summed E-state index contributed by atoms with van der Waals surface area (Å²) < 4.78 is 7.39. The molecule has 4 rings (SSSR count). The molecule has 2 aromatic carbocycles. The topological polar surface area (TPSA) is 119 Å². The standard InChI is InChI=1S/C25H24N2O5S/c1-14-7-9-16(10-8-14)19-11-17(15-5-3-2-4-6-15)18(12-26)25(33)27(19)24-23(31)22(30)21(29)20(13-28)32-24/h2-11,20-24,28-31H,13H2,1H3/t20-,21+,22+,23-,24-/m1/s1. The molecule has 0 saturated carbocycles. The second kappa shape index (κ2) is 9.53. The van der Waals surface area contributed by atoms with Crippen LogP contribution in [0.25, 0.3) is 22.4 Å². The number of aromatic nitrogens is 1. The molecular weight excluding hydrogens is 440 g/mol. The Balaban J connectivity index is 2.01. The lowest BCUT2D eigenvalue weighted by molar-refractivity contribution is -0.251. The summed E-state index contributed by atoms with van der Waals surface area (Å²) in [6.45, 7) is 1.39. The lowest BCUT2D eigenvalue weighted by Crippen LogP contribution is -2.56. The molecular formula is C25H24N2O5S. The Bertz CT molecular complexity index is 1230. The summed E-state index contributed by atoms with van der Waals surface area (Å²) >= 11 is 5.71. The van der Waals surface area contributed by atoms with E-state index in [-0.39, 0.29) is 10.2 Å². The number of hydrogen-bond acceptors (Lipinski definition) is 7. The van der Waals surface area contributed by atoms with Gasteiger partial charge in [0, 0.05) is 5.56 Å². The van der Waals surface area contributed by atoms with E-state index in [0.29, 0.717) is 11.3 Å². The quantitative estimate of drug-likeness (QED) is 0.439. The van der Waals surface area contributed by atoms with E-state index < -0.39 is 37.3 Å². The highest BCUT2D eigenvalue weighted by molar-refractivity contribution is 7.71. The van der Waals surface area contributed by atoms with Crippen LogP contribution in [0, 0.1) is 22.9 Å². The number of ether oxygens (including phenoxy) is 1. The number of nitrogens with zero attached hydrogens (tertiary/aromatic N) is 2. The van der Waals surface area contributed by atoms with Crippen molar-refractivity contribution in [3.8, 4) is 28.5 Å². The molecule has 1 aliphatic rings. The maximum absolute atomic E-state index is 10.8. The Morgan fingerprint density at radius 2 is 1.64 bits per heavy atom. The van der Waals surface area contributed by atoms with Crippen LogP contribution in [-0.4, -0.2) is 56.0 Å². The molecule has 0 amide bonds. The average Bonchev–Trinajstić information content (AvgIpc) is 2.84. The first-order valence-corrected chi connectivity index (χ1v) is 10.9. The van der Waals surface area contributed by atoms with E-state index in [1.54, 1.807) is 6.07 Å². The van der Waals surface area contributed by atoms with Gasteiger partial charge in [-0.25, -0.2) is 0 Å². The summed E-state index contributed by atoms with van der Waals surface area (Å²) in [4.78, 5) is 0. The molecule has 1 saturated heterocycles. The summed E-state index contributed by atoms with van der Waals surface area (Å²) in [6, 6.07) is 21.0. The van der Waals surface area contributed by atoms with Crippen LogP contribution in [0.1, 0.15) is 17.4 Å². The summed E-state index contributed by atoms with van der Waals surface area (Å²) in [7, 11) is 0. The highest BCUT2D eigenvalue weighted by Crippen LogP contribution is 2.37. The largest absolute Gasteiger partial charge is 0.394 e. The molecule has 4 N–H and O–H groups in total. The highest BCUT2D eigenvalue weighted by atomic mass is 32.1. The second-order valence-electron chi connectivity index (χ2n) is 8.06. The molecule has 170 valence electrons. The lowest BCUT2D eigenvalue weighted by Gasteiger charge is -2.41. The third kappa shape index (κ3) is 4.23. The van der Waals surface area contributed by atoms with E-state index in [2.05, 4.69) is 6.07 Å². The van der Waals surface area contributed by atoms with Crippen LogP contribution in [0.15, 0.2) is 60.7 Å². The Kier molecular flexibility index (Phi) is 6.72. The van der Waals surface area contributed by atoms with E-state index in [9.17, 15) is 25.7 Å². The molecule has 1 aromatic heterocycles. The van der Waals surface area contributed by atoms with Gasteiger partial charge in [-0.05, 0) is 24.1 Å². The molecule has 0 bridgehead atoms. The zero-order valence-electron chi connectivity index (χ0n) is 17.9. The van der Waals surface area contributed by atoms with Gasteiger partial charge in [-0.15, -0.1) is 0 Å². The molecule has 0 unspecified atom stereocenters. The first-order chi connectivity index (χ1) is 15.9. The van der Waals surface area contributed by atoms with E-state index in [1.165, 1.54) is 4.57 Å². The minimum absolute atomic E-state index is 0.110. The van der Waals surface area contributed by atoms with Gasteiger partial charge in [0.2, 0.25) is 0 Å². The van der Waals surface area contributed by atoms with Crippen LogP contribution in [0.3, 0.4) is 0 Å². The van der Waals surface area contributed by atoms with Crippen molar-refractivity contribution in [1.29, 1.82) is 5.26 Å². The summed E-state index contributed by atoms with van der Waals surface area (Å²) in [6.07, 6.45) is -6.97. The molecule has 8 heteroatoms. The van der Waals surface area contributed by atoms with Gasteiger partial charge in [0.15, 0.2) is 6.23 Å². The van der Waals surface area contributed by atoms with Gasteiger partial charge in [0.1, 0.15) is 35.1 Å². The molecule has 2 heterocycles. The zero-order valence-corrected chi connectivity index (χ0v) is 18.7. The van der Waals surface area contributed by atoms with Crippen LogP contribution < -0.4 is 0 Å². The number of nitriles is 1. The van der Waals surface area contributed by atoms with Gasteiger partial charge in [0.05, 0.1) is 17.9 Å². The van der Waals surface area contributed by atoms with Gasteiger partial charge >= 0.3 is 0 Å². The monoisotopic (exact) mass is 464 g/mol. The molecule has 7 nitrogen and oxygen atoms in total. The molecule has 0 spiro atoms. The molecule has 1 fully saturated rings. The summed E-state index contributed by atoms with van der Waals surface area (Å²) in [5, 5.41) is 51.0. The van der Waals surface area contributed by atoms with Crippen molar-refractivity contribution in [3.63, 3.8) is 0 Å². The Morgan fingerprint density at radius 1 is 0.970 bits per heavy atom. The van der Waals surface area contributed by atoms with Crippen LogP contribution >= 0.6 is 12.2 Å². The zero-order chi connectivity index (χ0) is 23.7. The molecule has 33 heavy (non-hydrogen) atoms. The maximum Gasteiger partial charge on any atom is 0.164 e. The average molecular weight is 465 g/mol. The molecule has 0 aliphatic carbocycles. The number of rotatable bonds is 4. The van der Waals surface area contributed by atoms with Gasteiger partial charge in [-0.3, -0.25) is 0 Å². The summed E-state index contributed by atoms with van der Waals surface area (Å²) in [5.41, 5.74) is 4.00. The van der Waals surface area contributed by atoms with Crippen molar-refractivity contribution in [2.24, 2.45) is 0 Å². The normalized spacial score (nSPS) is 24.9. The number of pyridine rings is 1. The predicted molar refractivity (Wildman–Crippen MR) is 125 cm³/mol. The molecule has 5 atom stereocenters. The summed E-state index contributed by atoms with van der Waals surface area (Å²) in [5.74, 6) is 0. The van der Waals surface area contributed by atoms with Crippen LogP contribution in [0.4, 0.5) is 0 Å². The first-order valence-electron chi connectivity index (χ1n) is 10.5. The minimum Gasteiger partial charge on any atom is -0.394 e. The number of hydrogen-bond donors (Lipinski definition) is 4. The van der Waals surface area contributed by atoms with Crippen LogP contribution in [0.2, 0.25) is 0 Å². The third-order valence-corrected chi connectivity index (χ3v) is 6.31. The minimum atomic E-state index is -1.58. The van der Waals surface area contributed by atoms with E-state index in [4.69, 9.17) is 17.0 Å². The fraction of sp³-hybridized carbons (Fsp3) is 0.280.